The average Bonchev–Trinajstić information content (AvgIpc) is 3.05. The van der Waals surface area contributed by atoms with Crippen molar-refractivity contribution >= 4 is 52.5 Å². The van der Waals surface area contributed by atoms with Crippen molar-refractivity contribution in [1.82, 2.24) is 20.3 Å². The van der Waals surface area contributed by atoms with Gasteiger partial charge in [-0.15, -0.1) is 0 Å². The van der Waals surface area contributed by atoms with Gasteiger partial charge in [0.1, 0.15) is 5.60 Å². The molecule has 0 unspecified atom stereocenters. The summed E-state index contributed by atoms with van der Waals surface area (Å²) in [5.41, 5.74) is 3.76. The zero-order chi connectivity index (χ0) is 33.4. The number of carbonyl (C=O) groups is 3. The lowest BCUT2D eigenvalue weighted by Crippen LogP contribution is -2.27. The van der Waals surface area contributed by atoms with Crippen molar-refractivity contribution < 1.29 is 19.1 Å². The van der Waals surface area contributed by atoms with Crippen molar-refractivity contribution in [3.8, 4) is 11.3 Å². The first-order valence-corrected chi connectivity index (χ1v) is 15.0. The molecule has 0 fully saturated rings. The number of benzene rings is 3. The number of hydrogen-bond acceptors (Lipinski definition) is 8. The van der Waals surface area contributed by atoms with Crippen LogP contribution in [-0.4, -0.2) is 38.5 Å². The molecule has 3 amide bonds. The Hall–Kier alpha value is -5.81. The Balaban J connectivity index is 1.18. The predicted molar refractivity (Wildman–Crippen MR) is 182 cm³/mol. The largest absolute Gasteiger partial charge is 0.444 e. The normalized spacial score (nSPS) is 10.9. The highest BCUT2D eigenvalue weighted by atomic mass is 35.5. The molecule has 0 aliphatic heterocycles. The fraction of sp³-hybridized carbons (Fsp3) is 0.143. The van der Waals surface area contributed by atoms with E-state index in [9.17, 15) is 14.4 Å². The van der Waals surface area contributed by atoms with E-state index in [0.717, 1.165) is 11.1 Å². The molecule has 11 nitrogen and oxygen atoms in total. The van der Waals surface area contributed by atoms with Gasteiger partial charge in [-0.3, -0.25) is 19.9 Å². The summed E-state index contributed by atoms with van der Waals surface area (Å²) in [5, 5.41) is 11.9. The van der Waals surface area contributed by atoms with Gasteiger partial charge in [0.25, 0.3) is 11.8 Å². The highest BCUT2D eigenvalue weighted by Crippen LogP contribution is 2.27. The molecule has 0 aliphatic rings. The second-order valence-corrected chi connectivity index (χ2v) is 11.7. The molecule has 0 saturated carbocycles. The minimum absolute atomic E-state index is 0.227. The number of nitrogens with zero attached hydrogens (tertiary/aromatic N) is 3. The van der Waals surface area contributed by atoms with Crippen LogP contribution in [0.1, 0.15) is 47.1 Å². The number of amides is 3. The summed E-state index contributed by atoms with van der Waals surface area (Å²) < 4.78 is 5.31. The van der Waals surface area contributed by atoms with Gasteiger partial charge < -0.3 is 20.7 Å². The number of para-hydroxylation sites is 2. The van der Waals surface area contributed by atoms with Crippen LogP contribution < -0.4 is 21.3 Å². The molecule has 0 aliphatic carbocycles. The Labute approximate surface area is 276 Å². The summed E-state index contributed by atoms with van der Waals surface area (Å²) in [6.07, 6.45) is 4.42. The average molecular weight is 650 g/mol. The predicted octanol–water partition coefficient (Wildman–Crippen LogP) is 7.46. The van der Waals surface area contributed by atoms with Gasteiger partial charge in [0.05, 0.1) is 27.8 Å². The fourth-order valence-corrected chi connectivity index (χ4v) is 4.52. The Bertz CT molecular complexity index is 1900. The maximum atomic E-state index is 13.0. The number of carbonyl (C=O) groups excluding carboxylic acids is 3. The van der Waals surface area contributed by atoms with Crippen LogP contribution in [-0.2, 0) is 11.3 Å². The number of rotatable bonds is 9. The molecular formula is C35H32ClN7O4. The zero-order valence-corrected chi connectivity index (χ0v) is 26.6. The number of ether oxygens (including phenoxy) is 1. The maximum absolute atomic E-state index is 13.0. The van der Waals surface area contributed by atoms with Crippen LogP contribution in [0.25, 0.3) is 11.3 Å². The molecular weight excluding hydrogens is 618 g/mol. The molecule has 5 aromatic rings. The molecule has 2 heterocycles. The lowest BCUT2D eigenvalue weighted by molar-refractivity contribution is 0.0635. The van der Waals surface area contributed by atoms with Gasteiger partial charge >= 0.3 is 6.09 Å². The van der Waals surface area contributed by atoms with Crippen LogP contribution in [0.5, 0.6) is 0 Å². The van der Waals surface area contributed by atoms with E-state index in [0.29, 0.717) is 44.9 Å². The van der Waals surface area contributed by atoms with Crippen LogP contribution >= 0.6 is 11.6 Å². The molecule has 12 heteroatoms. The molecule has 5 rings (SSSR count). The lowest BCUT2D eigenvalue weighted by atomic mass is 10.1. The van der Waals surface area contributed by atoms with E-state index in [1.165, 1.54) is 0 Å². The third kappa shape index (κ3) is 9.12. The van der Waals surface area contributed by atoms with Gasteiger partial charge in [0.2, 0.25) is 5.95 Å². The van der Waals surface area contributed by atoms with Crippen molar-refractivity contribution in [1.29, 1.82) is 0 Å². The Morgan fingerprint density at radius 1 is 0.787 bits per heavy atom. The van der Waals surface area contributed by atoms with Crippen LogP contribution in [0.2, 0.25) is 5.02 Å². The molecule has 3 aromatic carbocycles. The first-order chi connectivity index (χ1) is 22.5. The van der Waals surface area contributed by atoms with E-state index in [1.807, 2.05) is 24.3 Å². The number of anilines is 4. The van der Waals surface area contributed by atoms with Gasteiger partial charge in [-0.05, 0) is 93.1 Å². The SMILES string of the molecule is CC(C)(C)OC(=O)Nc1ccccc1NC(=O)c1ccc(C(=O)NCc2ccc(Cl)c(Nc3nccc(-c4cccnc4)n3)c2)cc1. The molecule has 2 aromatic heterocycles. The number of hydrogen-bond donors (Lipinski definition) is 4. The molecule has 0 radical (unpaired) electrons. The fourth-order valence-electron chi connectivity index (χ4n) is 4.36. The quantitative estimate of drug-likeness (QED) is 0.129. The minimum Gasteiger partial charge on any atom is -0.444 e. The van der Waals surface area contributed by atoms with E-state index < -0.39 is 17.6 Å². The van der Waals surface area contributed by atoms with Crippen LogP contribution in [0.15, 0.2) is 104 Å². The van der Waals surface area contributed by atoms with E-state index in [1.54, 1.807) is 100 Å². The molecule has 238 valence electrons. The monoisotopic (exact) mass is 649 g/mol. The van der Waals surface area contributed by atoms with Crippen LogP contribution in [0.3, 0.4) is 0 Å². The Kier molecular flexibility index (Phi) is 10.1. The molecule has 0 atom stereocenters. The van der Waals surface area contributed by atoms with E-state index in [2.05, 4.69) is 36.2 Å². The number of nitrogens with one attached hydrogen (secondary N) is 4. The van der Waals surface area contributed by atoms with Crippen molar-refractivity contribution in [3.63, 3.8) is 0 Å². The van der Waals surface area contributed by atoms with Gasteiger partial charge in [0.15, 0.2) is 0 Å². The van der Waals surface area contributed by atoms with E-state index in [-0.39, 0.29) is 12.5 Å². The second kappa shape index (κ2) is 14.5. The van der Waals surface area contributed by atoms with Gasteiger partial charge in [-0.2, -0.15) is 0 Å². The molecule has 4 N–H and O–H groups in total. The smallest absolute Gasteiger partial charge is 0.412 e. The van der Waals surface area contributed by atoms with Crippen LogP contribution in [0.4, 0.5) is 27.8 Å². The summed E-state index contributed by atoms with van der Waals surface area (Å²) >= 11 is 6.43. The molecule has 0 spiro atoms. The van der Waals surface area contributed by atoms with Gasteiger partial charge in [0, 0.05) is 41.8 Å². The topological polar surface area (TPSA) is 147 Å². The lowest BCUT2D eigenvalue weighted by Gasteiger charge is -2.20. The first kappa shape index (κ1) is 32.6. The maximum Gasteiger partial charge on any atom is 0.412 e. The summed E-state index contributed by atoms with van der Waals surface area (Å²) in [5.74, 6) is -0.367. The summed E-state index contributed by atoms with van der Waals surface area (Å²) in [6, 6.07) is 23.9. The molecule has 0 saturated heterocycles. The summed E-state index contributed by atoms with van der Waals surface area (Å²) in [7, 11) is 0. The van der Waals surface area contributed by atoms with E-state index in [4.69, 9.17) is 16.3 Å². The van der Waals surface area contributed by atoms with Gasteiger partial charge in [-0.25, -0.2) is 14.8 Å². The van der Waals surface area contributed by atoms with Crippen molar-refractivity contribution in [3.05, 3.63) is 125 Å². The van der Waals surface area contributed by atoms with Crippen LogP contribution in [0, 0.1) is 0 Å². The number of pyridine rings is 1. The van der Waals surface area contributed by atoms with Gasteiger partial charge in [-0.1, -0.05) is 29.8 Å². The summed E-state index contributed by atoms with van der Waals surface area (Å²) in [4.78, 5) is 51.1. The Morgan fingerprint density at radius 2 is 1.49 bits per heavy atom. The molecule has 0 bridgehead atoms. The van der Waals surface area contributed by atoms with Crippen molar-refractivity contribution in [2.75, 3.05) is 16.0 Å². The van der Waals surface area contributed by atoms with Crippen molar-refractivity contribution in [2.24, 2.45) is 0 Å². The first-order valence-electron chi connectivity index (χ1n) is 14.6. The number of aromatic nitrogens is 3. The van der Waals surface area contributed by atoms with Crippen molar-refractivity contribution in [2.45, 2.75) is 32.9 Å². The zero-order valence-electron chi connectivity index (χ0n) is 25.9. The standard InChI is InChI=1S/C35H32ClN7O4/c1-35(2,3)47-34(46)43-29-9-5-4-8-28(29)40-32(45)24-13-11-23(12-14-24)31(44)39-20-22-10-15-26(36)30(19-22)42-33-38-18-16-27(41-33)25-7-6-17-37-21-25/h4-19,21H,20H2,1-3H3,(H,39,44)(H,40,45)(H,43,46)(H,38,41,42). The minimum atomic E-state index is -0.671. The number of halogens is 1. The second-order valence-electron chi connectivity index (χ2n) is 11.3. The third-order valence-electron chi connectivity index (χ3n) is 6.56. The summed E-state index contributed by atoms with van der Waals surface area (Å²) in [6.45, 7) is 5.51. The Morgan fingerprint density at radius 3 is 2.17 bits per heavy atom. The van der Waals surface area contributed by atoms with E-state index >= 15 is 0 Å². The highest BCUT2D eigenvalue weighted by molar-refractivity contribution is 6.33. The molecule has 47 heavy (non-hydrogen) atoms. The highest BCUT2D eigenvalue weighted by Gasteiger charge is 2.18. The third-order valence-corrected chi connectivity index (χ3v) is 6.89.